The van der Waals surface area contributed by atoms with E-state index >= 15 is 0 Å². The van der Waals surface area contributed by atoms with Crippen LogP contribution >= 0.6 is 11.6 Å². The summed E-state index contributed by atoms with van der Waals surface area (Å²) in [7, 11) is 0. The number of hydrogen-bond acceptors (Lipinski definition) is 2. The van der Waals surface area contributed by atoms with Crippen molar-refractivity contribution >= 4 is 34.0 Å². The summed E-state index contributed by atoms with van der Waals surface area (Å²) in [4.78, 5) is 12.4. The fraction of sp³-hybridized carbons (Fsp3) is 0.0556. The van der Waals surface area contributed by atoms with Gasteiger partial charge in [-0.1, -0.05) is 41.9 Å². The van der Waals surface area contributed by atoms with E-state index in [1.807, 2.05) is 37.3 Å². The molecule has 0 aromatic heterocycles. The van der Waals surface area contributed by atoms with Gasteiger partial charge in [0.2, 0.25) is 0 Å². The van der Waals surface area contributed by atoms with E-state index < -0.39 is 0 Å². The quantitative estimate of drug-likeness (QED) is 0.702. The minimum absolute atomic E-state index is 0. The van der Waals surface area contributed by atoms with Gasteiger partial charge < -0.3 is 10.4 Å². The summed E-state index contributed by atoms with van der Waals surface area (Å²) >= 11 is 5.95. The molecule has 0 unspecified atom stereocenters. The SMILES string of the molecule is Cc1ccc(Cl)cc1NC(=O)c1cc2ccccc2cc1O.[Na+]. The van der Waals surface area contributed by atoms with Crippen molar-refractivity contribution in [2.75, 3.05) is 5.32 Å². The first-order chi connectivity index (χ1) is 10.5. The Morgan fingerprint density at radius 3 is 2.39 bits per heavy atom. The van der Waals surface area contributed by atoms with Crippen LogP contribution in [0.1, 0.15) is 15.9 Å². The van der Waals surface area contributed by atoms with Crippen LogP contribution < -0.4 is 34.9 Å². The topological polar surface area (TPSA) is 49.3 Å². The van der Waals surface area contributed by atoms with Gasteiger partial charge in [-0.2, -0.15) is 0 Å². The van der Waals surface area contributed by atoms with E-state index in [1.165, 1.54) is 0 Å². The Hall–Kier alpha value is -1.52. The van der Waals surface area contributed by atoms with Crippen molar-refractivity contribution in [1.82, 2.24) is 0 Å². The van der Waals surface area contributed by atoms with E-state index in [2.05, 4.69) is 5.32 Å². The van der Waals surface area contributed by atoms with Crippen molar-refractivity contribution in [3.8, 4) is 5.75 Å². The maximum Gasteiger partial charge on any atom is 1.00 e. The smallest absolute Gasteiger partial charge is 0.507 e. The number of benzene rings is 3. The fourth-order valence-electron chi connectivity index (χ4n) is 2.33. The van der Waals surface area contributed by atoms with E-state index in [4.69, 9.17) is 11.6 Å². The molecule has 0 aliphatic rings. The van der Waals surface area contributed by atoms with E-state index in [0.717, 1.165) is 16.3 Å². The van der Waals surface area contributed by atoms with Crippen LogP contribution in [0, 0.1) is 6.92 Å². The third-order valence-electron chi connectivity index (χ3n) is 3.56. The van der Waals surface area contributed by atoms with E-state index in [9.17, 15) is 9.90 Å². The molecule has 0 spiro atoms. The van der Waals surface area contributed by atoms with Crippen LogP contribution in [0.3, 0.4) is 0 Å². The van der Waals surface area contributed by atoms with Crippen molar-refractivity contribution in [3.05, 3.63) is 70.7 Å². The number of aromatic hydroxyl groups is 1. The van der Waals surface area contributed by atoms with Crippen molar-refractivity contribution in [1.29, 1.82) is 0 Å². The number of carbonyl (C=O) groups excluding carboxylic acids is 1. The van der Waals surface area contributed by atoms with Gasteiger partial charge in [-0.25, -0.2) is 0 Å². The van der Waals surface area contributed by atoms with E-state index in [1.54, 1.807) is 24.3 Å². The number of hydrogen-bond donors (Lipinski definition) is 2. The zero-order valence-electron chi connectivity index (χ0n) is 12.9. The molecule has 3 rings (SSSR count). The Morgan fingerprint density at radius 1 is 1.04 bits per heavy atom. The van der Waals surface area contributed by atoms with Crippen molar-refractivity contribution < 1.29 is 39.5 Å². The average Bonchev–Trinajstić information content (AvgIpc) is 2.50. The van der Waals surface area contributed by atoms with Gasteiger partial charge >= 0.3 is 29.6 Å². The zero-order chi connectivity index (χ0) is 15.7. The van der Waals surface area contributed by atoms with E-state index in [-0.39, 0.29) is 46.8 Å². The van der Waals surface area contributed by atoms with Crippen LogP contribution in [0.15, 0.2) is 54.6 Å². The molecule has 0 saturated heterocycles. The van der Waals surface area contributed by atoms with Crippen LogP contribution in [0.4, 0.5) is 5.69 Å². The number of nitrogens with one attached hydrogen (secondary N) is 1. The van der Waals surface area contributed by atoms with Crippen molar-refractivity contribution in [2.45, 2.75) is 6.92 Å². The van der Waals surface area contributed by atoms with Crippen LogP contribution in [-0.2, 0) is 0 Å². The molecule has 5 heteroatoms. The molecular formula is C18H14ClNNaO2+. The number of fused-ring (bicyclic) bond motifs is 1. The summed E-state index contributed by atoms with van der Waals surface area (Å²) in [6.07, 6.45) is 0. The molecule has 0 aliphatic carbocycles. The monoisotopic (exact) mass is 334 g/mol. The van der Waals surface area contributed by atoms with Gasteiger partial charge in [-0.05, 0) is 47.5 Å². The second-order valence-electron chi connectivity index (χ2n) is 5.13. The molecule has 0 aliphatic heterocycles. The molecule has 0 atom stereocenters. The first kappa shape index (κ1) is 17.8. The summed E-state index contributed by atoms with van der Waals surface area (Å²) in [5.74, 6) is -0.412. The Kier molecular flexibility index (Phi) is 5.71. The molecule has 110 valence electrons. The minimum Gasteiger partial charge on any atom is -0.507 e. The summed E-state index contributed by atoms with van der Waals surface area (Å²) in [6, 6.07) is 16.1. The second-order valence-corrected chi connectivity index (χ2v) is 5.57. The Labute approximate surface area is 161 Å². The number of amides is 1. The molecule has 2 N–H and O–H groups in total. The molecule has 3 aromatic carbocycles. The molecule has 0 bridgehead atoms. The van der Waals surface area contributed by atoms with Crippen LogP contribution in [0.2, 0.25) is 5.02 Å². The molecular weight excluding hydrogens is 321 g/mol. The first-order valence-corrected chi connectivity index (χ1v) is 7.21. The molecule has 0 heterocycles. The van der Waals surface area contributed by atoms with Crippen molar-refractivity contribution in [2.24, 2.45) is 0 Å². The minimum atomic E-state index is -0.367. The Balaban J connectivity index is 0.00000192. The summed E-state index contributed by atoms with van der Waals surface area (Å²) < 4.78 is 0. The van der Waals surface area contributed by atoms with Gasteiger partial charge in [0.25, 0.3) is 5.91 Å². The number of phenols is 1. The molecule has 0 saturated carbocycles. The normalized spacial score (nSPS) is 10.2. The number of phenolic OH excluding ortho intramolecular Hbond substituents is 1. The number of halogens is 1. The predicted molar refractivity (Wildman–Crippen MR) is 89.8 cm³/mol. The van der Waals surface area contributed by atoms with Gasteiger partial charge in [0.05, 0.1) is 5.56 Å². The number of aryl methyl sites for hydroxylation is 1. The summed E-state index contributed by atoms with van der Waals surface area (Å²) in [6.45, 7) is 1.88. The molecule has 1 amide bonds. The van der Waals surface area contributed by atoms with Crippen LogP contribution in [-0.4, -0.2) is 11.0 Å². The third kappa shape index (κ3) is 3.88. The maximum absolute atomic E-state index is 12.4. The summed E-state index contributed by atoms with van der Waals surface area (Å²) in [5.41, 5.74) is 1.76. The third-order valence-corrected chi connectivity index (χ3v) is 3.79. The molecule has 3 aromatic rings. The Morgan fingerprint density at radius 2 is 1.70 bits per heavy atom. The van der Waals surface area contributed by atoms with Crippen LogP contribution in [0.25, 0.3) is 10.8 Å². The molecule has 0 fully saturated rings. The molecule has 0 radical (unpaired) electrons. The van der Waals surface area contributed by atoms with Gasteiger partial charge in [0, 0.05) is 10.7 Å². The van der Waals surface area contributed by atoms with Gasteiger partial charge in [0.1, 0.15) is 5.75 Å². The standard InChI is InChI=1S/C18H14ClNO2.Na/c1-11-6-7-14(19)10-16(11)20-18(22)15-8-12-4-2-3-5-13(12)9-17(15)21;/h2-10,21H,1H3,(H,20,22);/q;+1. The maximum atomic E-state index is 12.4. The van der Waals surface area contributed by atoms with E-state index in [0.29, 0.717) is 10.7 Å². The van der Waals surface area contributed by atoms with Gasteiger partial charge in [-0.3, -0.25) is 4.79 Å². The van der Waals surface area contributed by atoms with Crippen LogP contribution in [0.5, 0.6) is 5.75 Å². The predicted octanol–water partition coefficient (Wildman–Crippen LogP) is 1.76. The number of carbonyl (C=O) groups is 1. The Bertz CT molecular complexity index is 880. The summed E-state index contributed by atoms with van der Waals surface area (Å²) in [5, 5.41) is 15.2. The largest absolute Gasteiger partial charge is 1.00 e. The number of anilines is 1. The molecule has 3 nitrogen and oxygen atoms in total. The zero-order valence-corrected chi connectivity index (χ0v) is 15.7. The van der Waals surface area contributed by atoms with Gasteiger partial charge in [0.15, 0.2) is 0 Å². The second kappa shape index (κ2) is 7.37. The van der Waals surface area contributed by atoms with Crippen molar-refractivity contribution in [3.63, 3.8) is 0 Å². The van der Waals surface area contributed by atoms with Gasteiger partial charge in [-0.15, -0.1) is 0 Å². The first-order valence-electron chi connectivity index (χ1n) is 6.84. The molecule has 23 heavy (non-hydrogen) atoms. The number of rotatable bonds is 2. The fourth-order valence-corrected chi connectivity index (χ4v) is 2.50. The average molecular weight is 335 g/mol.